The molecule has 0 unspecified atom stereocenters. The highest BCUT2D eigenvalue weighted by Gasteiger charge is 2.31. The quantitative estimate of drug-likeness (QED) is 0.897. The average molecular weight is 347 g/mol. The molecule has 1 atom stereocenters. The zero-order chi connectivity index (χ0) is 17.2. The van der Waals surface area contributed by atoms with Crippen LogP contribution in [0.3, 0.4) is 0 Å². The first kappa shape index (κ1) is 16.7. The maximum absolute atomic E-state index is 12.4. The van der Waals surface area contributed by atoms with E-state index >= 15 is 0 Å². The van der Waals surface area contributed by atoms with Crippen LogP contribution in [0.4, 0.5) is 5.82 Å². The van der Waals surface area contributed by atoms with E-state index in [1.54, 1.807) is 16.9 Å². The van der Waals surface area contributed by atoms with Gasteiger partial charge in [-0.25, -0.2) is 13.1 Å². The molecular weight excluding hydrogens is 326 g/mol. The lowest BCUT2D eigenvalue weighted by Gasteiger charge is -2.14. The average Bonchev–Trinajstić information content (AvgIpc) is 3.13. The molecule has 2 aromatic rings. The molecule has 3 rings (SSSR count). The smallest absolute Gasteiger partial charge is 0.229 e. The molecule has 2 heterocycles. The number of benzene rings is 1. The number of hydrogen-bond donors (Lipinski definition) is 1. The van der Waals surface area contributed by atoms with E-state index in [1.807, 2.05) is 24.3 Å². The standard InChI is InChI=1S/C17H21N3O3S/c1-2-13-5-3-4-6-14(13)11-17(21)19-16-7-9-18-20(16)15-8-10-24(22,23)12-15/h3-7,9,15H,2,8,10-12H2,1H3,(H,19,21)/t15-/m0/s1. The SMILES string of the molecule is CCc1ccccc1CC(=O)Nc1ccnn1[C@H]1CCS(=O)(=O)C1. The van der Waals surface area contributed by atoms with Gasteiger partial charge in [-0.15, -0.1) is 0 Å². The molecule has 0 bridgehead atoms. The number of aromatic nitrogens is 2. The zero-order valence-electron chi connectivity index (χ0n) is 13.6. The second kappa shape index (κ2) is 6.76. The predicted molar refractivity (Wildman–Crippen MR) is 92.7 cm³/mol. The molecule has 6 nitrogen and oxygen atoms in total. The van der Waals surface area contributed by atoms with Crippen molar-refractivity contribution in [2.24, 2.45) is 0 Å². The Morgan fingerprint density at radius 2 is 2.04 bits per heavy atom. The normalized spacial score (nSPS) is 19.3. The van der Waals surface area contributed by atoms with Gasteiger partial charge in [0.15, 0.2) is 9.84 Å². The van der Waals surface area contributed by atoms with Crippen LogP contribution >= 0.6 is 0 Å². The summed E-state index contributed by atoms with van der Waals surface area (Å²) in [5, 5.41) is 7.06. The van der Waals surface area contributed by atoms with E-state index < -0.39 is 9.84 Å². The fraction of sp³-hybridized carbons (Fsp3) is 0.412. The van der Waals surface area contributed by atoms with E-state index in [4.69, 9.17) is 0 Å². The van der Waals surface area contributed by atoms with Gasteiger partial charge in [0.2, 0.25) is 5.91 Å². The first-order valence-corrected chi connectivity index (χ1v) is 9.91. The van der Waals surface area contributed by atoms with Gasteiger partial charge in [-0.2, -0.15) is 5.10 Å². The monoisotopic (exact) mass is 347 g/mol. The van der Waals surface area contributed by atoms with Crippen molar-refractivity contribution in [3.63, 3.8) is 0 Å². The summed E-state index contributed by atoms with van der Waals surface area (Å²) in [4.78, 5) is 12.4. The molecule has 1 aliphatic heterocycles. The fourth-order valence-corrected chi connectivity index (χ4v) is 4.80. The van der Waals surface area contributed by atoms with Crippen LogP contribution in [0.25, 0.3) is 0 Å². The van der Waals surface area contributed by atoms with Crippen LogP contribution in [-0.4, -0.2) is 35.6 Å². The Kier molecular flexibility index (Phi) is 4.71. The Bertz CT molecular complexity index is 842. The highest BCUT2D eigenvalue weighted by atomic mass is 32.2. The van der Waals surface area contributed by atoms with Gasteiger partial charge in [-0.3, -0.25) is 4.79 Å². The van der Waals surface area contributed by atoms with Crippen LogP contribution in [0.2, 0.25) is 0 Å². The lowest BCUT2D eigenvalue weighted by atomic mass is 10.0. The van der Waals surface area contributed by atoms with E-state index in [0.717, 1.165) is 17.5 Å². The minimum absolute atomic E-state index is 0.0796. The first-order valence-electron chi connectivity index (χ1n) is 8.09. The molecule has 0 spiro atoms. The molecule has 7 heteroatoms. The van der Waals surface area contributed by atoms with Crippen LogP contribution in [-0.2, 0) is 27.5 Å². The maximum Gasteiger partial charge on any atom is 0.229 e. The lowest BCUT2D eigenvalue weighted by Crippen LogP contribution is -2.21. The van der Waals surface area contributed by atoms with Crippen molar-refractivity contribution < 1.29 is 13.2 Å². The fourth-order valence-electron chi connectivity index (χ4n) is 3.11. The van der Waals surface area contributed by atoms with Gasteiger partial charge >= 0.3 is 0 Å². The van der Waals surface area contributed by atoms with Crippen LogP contribution in [0.5, 0.6) is 0 Å². The number of anilines is 1. The Morgan fingerprint density at radius 3 is 2.71 bits per heavy atom. The Morgan fingerprint density at radius 1 is 1.29 bits per heavy atom. The number of hydrogen-bond acceptors (Lipinski definition) is 4. The van der Waals surface area contributed by atoms with Crippen molar-refractivity contribution >= 4 is 21.6 Å². The van der Waals surface area contributed by atoms with Gasteiger partial charge < -0.3 is 5.32 Å². The summed E-state index contributed by atoms with van der Waals surface area (Å²) in [5.41, 5.74) is 2.16. The van der Waals surface area contributed by atoms with Crippen LogP contribution < -0.4 is 5.32 Å². The van der Waals surface area contributed by atoms with Crippen molar-refractivity contribution in [2.45, 2.75) is 32.2 Å². The second-order valence-electron chi connectivity index (χ2n) is 6.07. The first-order chi connectivity index (χ1) is 11.5. The number of aryl methyl sites for hydroxylation is 1. The number of nitrogens with zero attached hydrogens (tertiary/aromatic N) is 2. The highest BCUT2D eigenvalue weighted by Crippen LogP contribution is 2.26. The molecule has 1 aromatic carbocycles. The third-order valence-electron chi connectivity index (χ3n) is 4.34. The van der Waals surface area contributed by atoms with Gasteiger partial charge in [-0.1, -0.05) is 31.2 Å². The Hall–Kier alpha value is -2.15. The van der Waals surface area contributed by atoms with Crippen molar-refractivity contribution in [1.82, 2.24) is 9.78 Å². The summed E-state index contributed by atoms with van der Waals surface area (Å²) in [6.45, 7) is 2.06. The van der Waals surface area contributed by atoms with Crippen LogP contribution in [0.1, 0.15) is 30.5 Å². The summed E-state index contributed by atoms with van der Waals surface area (Å²) in [6.07, 6.45) is 3.28. The number of carbonyl (C=O) groups excluding carboxylic acids is 1. The van der Waals surface area contributed by atoms with Crippen LogP contribution in [0.15, 0.2) is 36.5 Å². The third-order valence-corrected chi connectivity index (χ3v) is 6.09. The van der Waals surface area contributed by atoms with Gasteiger partial charge in [0.25, 0.3) is 0 Å². The summed E-state index contributed by atoms with van der Waals surface area (Å²) >= 11 is 0. The number of sulfone groups is 1. The van der Waals surface area contributed by atoms with Gasteiger partial charge in [0, 0.05) is 6.07 Å². The van der Waals surface area contributed by atoms with Crippen molar-refractivity contribution in [3.8, 4) is 0 Å². The molecule has 0 aliphatic carbocycles. The molecule has 1 saturated heterocycles. The highest BCUT2D eigenvalue weighted by molar-refractivity contribution is 7.91. The van der Waals surface area contributed by atoms with E-state index in [-0.39, 0.29) is 29.9 Å². The Balaban J connectivity index is 1.71. The van der Waals surface area contributed by atoms with Crippen molar-refractivity contribution in [1.29, 1.82) is 0 Å². The summed E-state index contributed by atoms with van der Waals surface area (Å²) in [6, 6.07) is 9.37. The van der Waals surface area contributed by atoms with Gasteiger partial charge in [0.1, 0.15) is 5.82 Å². The molecule has 1 N–H and O–H groups in total. The van der Waals surface area contributed by atoms with Crippen LogP contribution in [0, 0.1) is 0 Å². The predicted octanol–water partition coefficient (Wildman–Crippen LogP) is 1.99. The van der Waals surface area contributed by atoms with Gasteiger partial charge in [-0.05, 0) is 24.0 Å². The molecule has 1 amide bonds. The van der Waals surface area contributed by atoms with Gasteiger partial charge in [0.05, 0.1) is 30.2 Å². The zero-order valence-corrected chi connectivity index (χ0v) is 14.4. The second-order valence-corrected chi connectivity index (χ2v) is 8.29. The third kappa shape index (κ3) is 3.67. The molecule has 1 fully saturated rings. The molecular formula is C17H21N3O3S. The lowest BCUT2D eigenvalue weighted by molar-refractivity contribution is -0.115. The summed E-state index contributed by atoms with van der Waals surface area (Å²) in [5.74, 6) is 0.681. The van der Waals surface area contributed by atoms with Crippen molar-refractivity contribution in [3.05, 3.63) is 47.7 Å². The number of carbonyl (C=O) groups is 1. The van der Waals surface area contributed by atoms with E-state index in [0.29, 0.717) is 12.2 Å². The number of rotatable bonds is 5. The minimum Gasteiger partial charge on any atom is -0.311 e. The molecule has 0 saturated carbocycles. The molecule has 0 radical (unpaired) electrons. The molecule has 1 aliphatic rings. The van der Waals surface area contributed by atoms with E-state index in [1.165, 1.54) is 0 Å². The largest absolute Gasteiger partial charge is 0.311 e. The minimum atomic E-state index is -3.00. The summed E-state index contributed by atoms with van der Waals surface area (Å²) < 4.78 is 24.9. The Labute approximate surface area is 141 Å². The summed E-state index contributed by atoms with van der Waals surface area (Å²) in [7, 11) is -3.00. The number of amides is 1. The maximum atomic E-state index is 12.4. The molecule has 128 valence electrons. The van der Waals surface area contributed by atoms with E-state index in [9.17, 15) is 13.2 Å². The molecule has 1 aromatic heterocycles. The van der Waals surface area contributed by atoms with Crippen molar-refractivity contribution in [2.75, 3.05) is 16.8 Å². The van der Waals surface area contributed by atoms with E-state index in [2.05, 4.69) is 17.3 Å². The molecule has 24 heavy (non-hydrogen) atoms. The number of nitrogens with one attached hydrogen (secondary N) is 1. The topological polar surface area (TPSA) is 81.1 Å².